The number of hydrogen-bond donors (Lipinski definition) is 0. The molecule has 130 valence electrons. The van der Waals surface area contributed by atoms with Crippen LogP contribution in [0.1, 0.15) is 45.4 Å². The van der Waals surface area contributed by atoms with Gasteiger partial charge in [0.05, 0.1) is 12.3 Å². The van der Waals surface area contributed by atoms with Gasteiger partial charge in [-0.2, -0.15) is 4.39 Å². The molecule has 0 aliphatic rings. The van der Waals surface area contributed by atoms with E-state index in [-0.39, 0.29) is 11.3 Å². The van der Waals surface area contributed by atoms with Crippen molar-refractivity contribution < 1.29 is 13.5 Å². The Kier molecular flexibility index (Phi) is 7.63. The van der Waals surface area contributed by atoms with Gasteiger partial charge in [-0.05, 0) is 46.6 Å². The van der Waals surface area contributed by atoms with Crippen molar-refractivity contribution in [2.75, 3.05) is 6.61 Å². The molecular formula is C19H22BrF2NO. The maximum atomic E-state index is 14.3. The summed E-state index contributed by atoms with van der Waals surface area (Å²) < 4.78 is 34.6. The molecule has 0 saturated heterocycles. The zero-order chi connectivity index (χ0) is 17.4. The van der Waals surface area contributed by atoms with Crippen molar-refractivity contribution in [2.24, 2.45) is 0 Å². The van der Waals surface area contributed by atoms with Crippen LogP contribution in [0.15, 0.2) is 34.9 Å². The quantitative estimate of drug-likeness (QED) is 0.448. The Morgan fingerprint density at radius 1 is 0.958 bits per heavy atom. The van der Waals surface area contributed by atoms with Crippen molar-refractivity contribution in [3.8, 4) is 17.0 Å². The summed E-state index contributed by atoms with van der Waals surface area (Å²) in [6, 6.07) is 6.35. The van der Waals surface area contributed by atoms with Gasteiger partial charge in [-0.25, -0.2) is 4.39 Å². The molecule has 0 radical (unpaired) electrons. The van der Waals surface area contributed by atoms with Gasteiger partial charge in [-0.15, -0.1) is 0 Å². The van der Waals surface area contributed by atoms with Gasteiger partial charge >= 0.3 is 0 Å². The van der Waals surface area contributed by atoms with Crippen LogP contribution in [-0.2, 0) is 0 Å². The van der Waals surface area contributed by atoms with Crippen LogP contribution < -0.4 is 4.74 Å². The lowest BCUT2D eigenvalue weighted by Crippen LogP contribution is -2.02. The topological polar surface area (TPSA) is 22.1 Å². The van der Waals surface area contributed by atoms with Gasteiger partial charge in [0.2, 0.25) is 5.82 Å². The van der Waals surface area contributed by atoms with E-state index in [0.717, 1.165) is 23.7 Å². The zero-order valence-corrected chi connectivity index (χ0v) is 15.4. The van der Waals surface area contributed by atoms with Gasteiger partial charge < -0.3 is 4.74 Å². The highest BCUT2D eigenvalue weighted by Gasteiger charge is 2.16. The van der Waals surface area contributed by atoms with Crippen LogP contribution in [0.25, 0.3) is 11.3 Å². The first-order valence-electron chi connectivity index (χ1n) is 8.36. The molecule has 0 amide bonds. The molecule has 1 aromatic carbocycles. The van der Waals surface area contributed by atoms with E-state index in [2.05, 4.69) is 27.8 Å². The van der Waals surface area contributed by atoms with Crippen molar-refractivity contribution in [2.45, 2.75) is 45.4 Å². The number of benzene rings is 1. The normalized spacial score (nSPS) is 10.8. The second-order valence-electron chi connectivity index (χ2n) is 5.72. The molecular weight excluding hydrogens is 376 g/mol. The van der Waals surface area contributed by atoms with E-state index >= 15 is 0 Å². The molecule has 1 aromatic heterocycles. The molecule has 0 atom stereocenters. The number of hydrogen-bond acceptors (Lipinski definition) is 2. The summed E-state index contributed by atoms with van der Waals surface area (Å²) in [7, 11) is 0. The highest BCUT2D eigenvalue weighted by atomic mass is 79.9. The lowest BCUT2D eigenvalue weighted by atomic mass is 10.1. The van der Waals surface area contributed by atoms with Crippen molar-refractivity contribution in [1.29, 1.82) is 0 Å². The Morgan fingerprint density at radius 2 is 1.71 bits per heavy atom. The van der Waals surface area contributed by atoms with Gasteiger partial charge in [-0.1, -0.05) is 39.0 Å². The summed E-state index contributed by atoms with van der Waals surface area (Å²) in [5.74, 6) is -1.92. The predicted octanol–water partition coefficient (Wildman–Crippen LogP) is 6.53. The van der Waals surface area contributed by atoms with Crippen LogP contribution in [0.3, 0.4) is 0 Å². The molecule has 0 saturated carbocycles. The first-order chi connectivity index (χ1) is 11.6. The van der Waals surface area contributed by atoms with Gasteiger partial charge in [0.25, 0.3) is 0 Å². The van der Waals surface area contributed by atoms with E-state index in [1.54, 1.807) is 18.3 Å². The van der Waals surface area contributed by atoms with Crippen LogP contribution in [0.4, 0.5) is 8.78 Å². The van der Waals surface area contributed by atoms with Crippen LogP contribution in [0.5, 0.6) is 5.75 Å². The Bertz CT molecular complexity index is 647. The van der Waals surface area contributed by atoms with E-state index in [0.29, 0.717) is 12.3 Å². The molecule has 1 heterocycles. The van der Waals surface area contributed by atoms with Gasteiger partial charge in [0.1, 0.15) is 0 Å². The number of pyridine rings is 1. The average Bonchev–Trinajstić information content (AvgIpc) is 2.59. The van der Waals surface area contributed by atoms with Crippen LogP contribution in [0.2, 0.25) is 0 Å². The third-order valence-electron chi connectivity index (χ3n) is 3.81. The van der Waals surface area contributed by atoms with E-state index in [9.17, 15) is 8.78 Å². The van der Waals surface area contributed by atoms with Crippen LogP contribution in [0, 0.1) is 11.6 Å². The number of unbranched alkanes of at least 4 members (excludes halogenated alkanes) is 5. The smallest absolute Gasteiger partial charge is 0.201 e. The molecule has 0 aliphatic carbocycles. The molecule has 0 bridgehead atoms. The first kappa shape index (κ1) is 18.8. The van der Waals surface area contributed by atoms with Gasteiger partial charge in [0.15, 0.2) is 11.6 Å². The molecule has 2 aromatic rings. The lowest BCUT2D eigenvalue weighted by Gasteiger charge is -2.10. The van der Waals surface area contributed by atoms with Crippen LogP contribution in [-0.4, -0.2) is 11.6 Å². The summed E-state index contributed by atoms with van der Waals surface area (Å²) in [4.78, 5) is 4.10. The predicted molar refractivity (Wildman–Crippen MR) is 96.2 cm³/mol. The third kappa shape index (κ3) is 5.26. The molecule has 0 N–H and O–H groups in total. The summed E-state index contributed by atoms with van der Waals surface area (Å²) in [6.45, 7) is 2.58. The third-order valence-corrected chi connectivity index (χ3v) is 4.27. The molecule has 0 unspecified atom stereocenters. The fourth-order valence-corrected chi connectivity index (χ4v) is 2.68. The minimum Gasteiger partial charge on any atom is -0.490 e. The monoisotopic (exact) mass is 397 g/mol. The second-order valence-corrected chi connectivity index (χ2v) is 6.63. The number of nitrogens with zero attached hydrogens (tertiary/aromatic N) is 1. The minimum absolute atomic E-state index is 0.0399. The van der Waals surface area contributed by atoms with Crippen LogP contribution >= 0.6 is 15.9 Å². The van der Waals surface area contributed by atoms with E-state index in [1.165, 1.54) is 31.4 Å². The first-order valence-corrected chi connectivity index (χ1v) is 9.15. The maximum Gasteiger partial charge on any atom is 0.201 e. The number of aromatic nitrogens is 1. The maximum absolute atomic E-state index is 14.3. The largest absolute Gasteiger partial charge is 0.490 e. The fourth-order valence-electron chi connectivity index (χ4n) is 2.44. The molecule has 0 spiro atoms. The Balaban J connectivity index is 1.93. The summed E-state index contributed by atoms with van der Waals surface area (Å²) in [6.07, 6.45) is 8.27. The zero-order valence-electron chi connectivity index (χ0n) is 13.8. The molecule has 2 rings (SSSR count). The SMILES string of the molecule is CCCCCCCCOc1ccc(-c2ccc(Br)cn2)c(F)c1F. The Labute approximate surface area is 150 Å². The van der Waals surface area contributed by atoms with E-state index in [4.69, 9.17) is 4.74 Å². The molecule has 24 heavy (non-hydrogen) atoms. The van der Waals surface area contributed by atoms with Gasteiger partial charge in [-0.3, -0.25) is 4.98 Å². The highest BCUT2D eigenvalue weighted by Crippen LogP contribution is 2.29. The Morgan fingerprint density at radius 3 is 2.42 bits per heavy atom. The standard InChI is InChI=1S/C19H22BrF2NO/c1-2-3-4-5-6-7-12-24-17-11-9-15(18(21)19(17)22)16-10-8-14(20)13-23-16/h8-11,13H,2-7,12H2,1H3. The number of rotatable bonds is 9. The average molecular weight is 398 g/mol. The van der Waals surface area contributed by atoms with Crippen molar-refractivity contribution in [3.05, 3.63) is 46.6 Å². The lowest BCUT2D eigenvalue weighted by molar-refractivity contribution is 0.285. The molecule has 2 nitrogen and oxygen atoms in total. The van der Waals surface area contributed by atoms with Gasteiger partial charge in [0, 0.05) is 16.2 Å². The van der Waals surface area contributed by atoms with Crippen molar-refractivity contribution >= 4 is 15.9 Å². The van der Waals surface area contributed by atoms with E-state index in [1.807, 2.05) is 0 Å². The Hall–Kier alpha value is -1.49. The summed E-state index contributed by atoms with van der Waals surface area (Å²) >= 11 is 3.27. The molecule has 0 aliphatic heterocycles. The summed E-state index contributed by atoms with van der Waals surface area (Å²) in [5.41, 5.74) is 0.518. The molecule has 5 heteroatoms. The summed E-state index contributed by atoms with van der Waals surface area (Å²) in [5, 5.41) is 0. The fraction of sp³-hybridized carbons (Fsp3) is 0.421. The number of ether oxygens (including phenoxy) is 1. The van der Waals surface area contributed by atoms with Crippen molar-refractivity contribution in [3.63, 3.8) is 0 Å². The minimum atomic E-state index is -0.955. The number of halogens is 3. The second kappa shape index (κ2) is 9.72. The highest BCUT2D eigenvalue weighted by molar-refractivity contribution is 9.10. The van der Waals surface area contributed by atoms with Crippen molar-refractivity contribution in [1.82, 2.24) is 4.98 Å². The van der Waals surface area contributed by atoms with E-state index < -0.39 is 11.6 Å². The molecule has 0 fully saturated rings.